The van der Waals surface area contributed by atoms with Gasteiger partial charge in [0.1, 0.15) is 5.57 Å². The van der Waals surface area contributed by atoms with E-state index >= 15 is 0 Å². The third-order valence-corrected chi connectivity index (χ3v) is 6.06. The fourth-order valence-electron chi connectivity index (χ4n) is 3.88. The second-order valence-corrected chi connectivity index (χ2v) is 8.06. The number of carbonyl (C=O) groups is 3. The first-order valence-electron chi connectivity index (χ1n) is 10.2. The summed E-state index contributed by atoms with van der Waals surface area (Å²) in [6, 6.07) is 17.4. The third kappa shape index (κ3) is 3.85. The maximum Gasteiger partial charge on any atom is 0.335 e. The summed E-state index contributed by atoms with van der Waals surface area (Å²) in [7, 11) is 1.55. The standard InChI is InChI=1S/C25H21N3O4S/c1-15-13-18(16(2)27(15)20-11-9-17(10-12-20)24(31)32)14-21-22(29)26(3)25(33)28(23(21)30)19-7-5-4-6-8-19/h4-14H,1-3H3,(H,31,32). The number of benzene rings is 2. The van der Waals surface area contributed by atoms with Gasteiger partial charge >= 0.3 is 5.97 Å². The van der Waals surface area contributed by atoms with E-state index in [1.807, 2.05) is 30.5 Å². The van der Waals surface area contributed by atoms with E-state index in [9.17, 15) is 14.4 Å². The molecule has 1 aliphatic rings. The molecule has 1 saturated heterocycles. The molecular weight excluding hydrogens is 438 g/mol. The number of amides is 2. The molecule has 3 aromatic rings. The second-order valence-electron chi connectivity index (χ2n) is 7.69. The average Bonchev–Trinajstić information content (AvgIpc) is 3.09. The minimum Gasteiger partial charge on any atom is -0.478 e. The molecule has 2 heterocycles. The van der Waals surface area contributed by atoms with E-state index in [0.29, 0.717) is 11.3 Å². The molecule has 2 amide bonds. The van der Waals surface area contributed by atoms with E-state index in [1.54, 1.807) is 49.5 Å². The largest absolute Gasteiger partial charge is 0.478 e. The highest BCUT2D eigenvalue weighted by atomic mass is 32.1. The molecule has 0 atom stereocenters. The van der Waals surface area contributed by atoms with Crippen LogP contribution in [0.15, 0.2) is 66.2 Å². The van der Waals surface area contributed by atoms with Crippen molar-refractivity contribution in [2.45, 2.75) is 13.8 Å². The van der Waals surface area contributed by atoms with Crippen LogP contribution in [0, 0.1) is 13.8 Å². The van der Waals surface area contributed by atoms with Gasteiger partial charge in [-0.1, -0.05) is 18.2 Å². The maximum atomic E-state index is 13.3. The highest BCUT2D eigenvalue weighted by Gasteiger charge is 2.38. The van der Waals surface area contributed by atoms with Crippen LogP contribution in [0.25, 0.3) is 11.8 Å². The molecule has 8 heteroatoms. The van der Waals surface area contributed by atoms with Crippen molar-refractivity contribution in [1.29, 1.82) is 0 Å². The summed E-state index contributed by atoms with van der Waals surface area (Å²) < 4.78 is 1.94. The van der Waals surface area contributed by atoms with E-state index in [0.717, 1.165) is 17.1 Å². The predicted molar refractivity (Wildman–Crippen MR) is 129 cm³/mol. The maximum absolute atomic E-state index is 13.3. The molecule has 0 radical (unpaired) electrons. The van der Waals surface area contributed by atoms with Crippen molar-refractivity contribution in [3.8, 4) is 5.69 Å². The molecule has 0 bridgehead atoms. The van der Waals surface area contributed by atoms with Crippen LogP contribution in [0.2, 0.25) is 0 Å². The number of para-hydroxylation sites is 1. The number of aromatic carboxylic acids is 1. The van der Waals surface area contributed by atoms with Gasteiger partial charge in [0.2, 0.25) is 0 Å². The molecule has 1 N–H and O–H groups in total. The van der Waals surface area contributed by atoms with Crippen molar-refractivity contribution in [2.75, 3.05) is 11.9 Å². The number of hydrogen-bond acceptors (Lipinski definition) is 4. The molecule has 0 saturated carbocycles. The number of anilines is 1. The van der Waals surface area contributed by atoms with Gasteiger partial charge in [-0.15, -0.1) is 0 Å². The number of rotatable bonds is 4. The lowest BCUT2D eigenvalue weighted by Crippen LogP contribution is -2.54. The number of likely N-dealkylation sites (N-methyl/N-ethyl adjacent to an activating group) is 1. The summed E-state index contributed by atoms with van der Waals surface area (Å²) in [6.07, 6.45) is 1.59. The van der Waals surface area contributed by atoms with Crippen molar-refractivity contribution < 1.29 is 19.5 Å². The zero-order valence-electron chi connectivity index (χ0n) is 18.3. The molecule has 0 unspecified atom stereocenters. The fourth-order valence-corrected chi connectivity index (χ4v) is 4.16. The lowest BCUT2D eigenvalue weighted by Gasteiger charge is -2.34. The molecule has 7 nitrogen and oxygen atoms in total. The summed E-state index contributed by atoms with van der Waals surface area (Å²) in [5.41, 5.74) is 3.97. The molecule has 2 aromatic carbocycles. The summed E-state index contributed by atoms with van der Waals surface area (Å²) in [6.45, 7) is 3.79. The van der Waals surface area contributed by atoms with Crippen LogP contribution < -0.4 is 4.90 Å². The third-order valence-electron chi connectivity index (χ3n) is 5.60. The van der Waals surface area contributed by atoms with E-state index in [2.05, 4.69) is 0 Å². The van der Waals surface area contributed by atoms with E-state index < -0.39 is 17.8 Å². The van der Waals surface area contributed by atoms with Crippen LogP contribution in [0.3, 0.4) is 0 Å². The van der Waals surface area contributed by atoms with Crippen molar-refractivity contribution in [2.24, 2.45) is 0 Å². The van der Waals surface area contributed by atoms with Crippen LogP contribution in [-0.4, -0.2) is 44.5 Å². The zero-order valence-corrected chi connectivity index (χ0v) is 19.1. The Kier molecular flexibility index (Phi) is 5.69. The van der Waals surface area contributed by atoms with Gasteiger partial charge in [-0.3, -0.25) is 19.4 Å². The van der Waals surface area contributed by atoms with Crippen LogP contribution in [0.1, 0.15) is 27.3 Å². The van der Waals surface area contributed by atoms with Crippen molar-refractivity contribution in [1.82, 2.24) is 9.47 Å². The number of hydrogen-bond donors (Lipinski definition) is 1. The van der Waals surface area contributed by atoms with Gasteiger partial charge in [-0.2, -0.15) is 0 Å². The number of aromatic nitrogens is 1. The number of carboxylic acids is 1. The van der Waals surface area contributed by atoms with Crippen molar-refractivity contribution >= 4 is 46.9 Å². The van der Waals surface area contributed by atoms with Gasteiger partial charge in [-0.05, 0) is 80.2 Å². The van der Waals surface area contributed by atoms with Crippen LogP contribution in [0.4, 0.5) is 5.69 Å². The minimum absolute atomic E-state index is 0.0106. The quantitative estimate of drug-likeness (QED) is 0.363. The van der Waals surface area contributed by atoms with Crippen LogP contribution in [-0.2, 0) is 9.59 Å². The van der Waals surface area contributed by atoms with Gasteiger partial charge in [0.05, 0.1) is 11.3 Å². The number of carboxylic acid groups (broad SMARTS) is 1. The monoisotopic (exact) mass is 459 g/mol. The number of carbonyl (C=O) groups excluding carboxylic acids is 2. The molecule has 1 fully saturated rings. The van der Waals surface area contributed by atoms with Gasteiger partial charge in [0, 0.05) is 24.1 Å². The Morgan fingerprint density at radius 1 is 0.939 bits per heavy atom. The van der Waals surface area contributed by atoms with E-state index in [1.165, 1.54) is 21.9 Å². The predicted octanol–water partition coefficient (Wildman–Crippen LogP) is 3.97. The Bertz CT molecular complexity index is 1320. The lowest BCUT2D eigenvalue weighted by atomic mass is 10.1. The normalized spacial score (nSPS) is 15.5. The lowest BCUT2D eigenvalue weighted by molar-refractivity contribution is -0.127. The van der Waals surface area contributed by atoms with Gasteiger partial charge in [0.25, 0.3) is 11.8 Å². The summed E-state index contributed by atoms with van der Waals surface area (Å²) in [4.78, 5) is 40.1. The first kappa shape index (κ1) is 22.2. The Morgan fingerprint density at radius 2 is 1.58 bits per heavy atom. The molecule has 0 spiro atoms. The molecule has 0 aliphatic carbocycles. The number of aryl methyl sites for hydroxylation is 1. The molecule has 33 heavy (non-hydrogen) atoms. The van der Waals surface area contributed by atoms with Gasteiger partial charge in [-0.25, -0.2) is 4.79 Å². The first-order chi connectivity index (χ1) is 15.7. The minimum atomic E-state index is -0.993. The van der Waals surface area contributed by atoms with E-state index in [-0.39, 0.29) is 16.2 Å². The summed E-state index contributed by atoms with van der Waals surface area (Å²) in [5.74, 6) is -1.94. The Hall–Kier alpha value is -4.04. The summed E-state index contributed by atoms with van der Waals surface area (Å²) >= 11 is 5.38. The summed E-state index contributed by atoms with van der Waals surface area (Å²) in [5, 5.41) is 9.26. The molecule has 1 aliphatic heterocycles. The number of thiocarbonyl (C=S) groups is 1. The Balaban J connectivity index is 1.77. The Labute approximate surface area is 196 Å². The average molecular weight is 460 g/mol. The zero-order chi connectivity index (χ0) is 23.9. The SMILES string of the molecule is Cc1cc(C=C2C(=O)N(C)C(=S)N(c3ccccc3)C2=O)c(C)n1-c1ccc(C(=O)O)cc1. The number of nitrogens with zero attached hydrogens (tertiary/aromatic N) is 3. The highest BCUT2D eigenvalue weighted by molar-refractivity contribution is 7.80. The Morgan fingerprint density at radius 3 is 2.18 bits per heavy atom. The molecular formula is C25H21N3O4S. The van der Waals surface area contributed by atoms with Crippen molar-refractivity contribution in [3.05, 3.63) is 88.8 Å². The first-order valence-corrected chi connectivity index (χ1v) is 10.6. The fraction of sp³-hybridized carbons (Fsp3) is 0.120. The molecule has 1 aromatic heterocycles. The van der Waals surface area contributed by atoms with Crippen LogP contribution in [0.5, 0.6) is 0 Å². The van der Waals surface area contributed by atoms with E-state index in [4.69, 9.17) is 17.3 Å². The topological polar surface area (TPSA) is 82.9 Å². The smallest absolute Gasteiger partial charge is 0.335 e. The van der Waals surface area contributed by atoms with Crippen molar-refractivity contribution in [3.63, 3.8) is 0 Å². The molecule has 166 valence electrons. The second kappa shape index (κ2) is 8.48. The van der Waals surface area contributed by atoms with Gasteiger partial charge < -0.3 is 9.67 Å². The van der Waals surface area contributed by atoms with Gasteiger partial charge in [0.15, 0.2) is 5.11 Å². The highest BCUT2D eigenvalue weighted by Crippen LogP contribution is 2.28. The van der Waals surface area contributed by atoms with Crippen LogP contribution >= 0.6 is 12.2 Å². The molecule has 4 rings (SSSR count).